The summed E-state index contributed by atoms with van der Waals surface area (Å²) in [7, 11) is 1.95. The van der Waals surface area contributed by atoms with Crippen LogP contribution in [0.4, 0.5) is 10.5 Å². The summed E-state index contributed by atoms with van der Waals surface area (Å²) in [6.07, 6.45) is 1.93. The number of nitrogens with one attached hydrogen (secondary N) is 2. The SMILES string of the molecule is Cn1ccc2cccc(NC(=O)N[C@@H]3c4ccccc4C[C@@H]3O)c21. The lowest BCUT2D eigenvalue weighted by Gasteiger charge is -2.19. The van der Waals surface area contributed by atoms with Crippen LogP contribution in [0.2, 0.25) is 0 Å². The predicted molar refractivity (Wildman–Crippen MR) is 94.0 cm³/mol. The number of carbonyl (C=O) groups is 1. The number of anilines is 1. The molecule has 122 valence electrons. The fraction of sp³-hybridized carbons (Fsp3) is 0.211. The van der Waals surface area contributed by atoms with Crippen molar-refractivity contribution in [2.45, 2.75) is 18.6 Å². The number of carbonyl (C=O) groups excluding carboxylic acids is 1. The molecule has 3 N–H and O–H groups in total. The van der Waals surface area contributed by atoms with E-state index in [2.05, 4.69) is 10.6 Å². The molecule has 0 radical (unpaired) electrons. The lowest BCUT2D eigenvalue weighted by Crippen LogP contribution is -2.36. The van der Waals surface area contributed by atoms with Gasteiger partial charge in [-0.15, -0.1) is 0 Å². The van der Waals surface area contributed by atoms with Crippen molar-refractivity contribution in [2.75, 3.05) is 5.32 Å². The van der Waals surface area contributed by atoms with E-state index in [1.54, 1.807) is 0 Å². The number of rotatable bonds is 2. The fourth-order valence-electron chi connectivity index (χ4n) is 3.50. The van der Waals surface area contributed by atoms with Crippen molar-refractivity contribution in [3.8, 4) is 0 Å². The third kappa shape index (κ3) is 2.43. The first-order valence-corrected chi connectivity index (χ1v) is 8.01. The van der Waals surface area contributed by atoms with E-state index >= 15 is 0 Å². The number of hydrogen-bond acceptors (Lipinski definition) is 2. The number of nitrogens with zero attached hydrogens (tertiary/aromatic N) is 1. The van der Waals surface area contributed by atoms with Gasteiger partial charge < -0.3 is 20.3 Å². The van der Waals surface area contributed by atoms with E-state index in [-0.39, 0.29) is 12.1 Å². The number of amides is 2. The van der Waals surface area contributed by atoms with Crippen LogP contribution in [-0.4, -0.2) is 21.8 Å². The Bertz CT molecular complexity index is 916. The van der Waals surface area contributed by atoms with Crippen molar-refractivity contribution < 1.29 is 9.90 Å². The van der Waals surface area contributed by atoms with Crippen LogP contribution >= 0.6 is 0 Å². The molecule has 0 saturated heterocycles. The summed E-state index contributed by atoms with van der Waals surface area (Å²) in [5, 5.41) is 17.1. The lowest BCUT2D eigenvalue weighted by molar-refractivity contribution is 0.144. The van der Waals surface area contributed by atoms with Crippen LogP contribution in [0.25, 0.3) is 10.9 Å². The Labute approximate surface area is 139 Å². The Kier molecular flexibility index (Phi) is 3.50. The number of fused-ring (bicyclic) bond motifs is 2. The standard InChI is InChI=1S/C19H19N3O2/c1-22-10-9-12-6-4-8-15(18(12)22)20-19(24)21-17-14-7-3-2-5-13(14)11-16(17)23/h2-10,16-17,23H,11H2,1H3,(H2,20,21,24)/t16-,17+/m0/s1. The van der Waals surface area contributed by atoms with Crippen molar-refractivity contribution in [2.24, 2.45) is 7.05 Å². The lowest BCUT2D eigenvalue weighted by atomic mass is 10.1. The highest BCUT2D eigenvalue weighted by Gasteiger charge is 2.31. The molecule has 1 aliphatic carbocycles. The van der Waals surface area contributed by atoms with Crippen LogP contribution in [0.3, 0.4) is 0 Å². The molecule has 4 rings (SSSR count). The van der Waals surface area contributed by atoms with Crippen molar-refractivity contribution in [3.63, 3.8) is 0 Å². The van der Waals surface area contributed by atoms with Crippen molar-refractivity contribution >= 4 is 22.6 Å². The molecule has 2 amide bonds. The molecule has 5 nitrogen and oxygen atoms in total. The Hall–Kier alpha value is -2.79. The maximum absolute atomic E-state index is 12.5. The van der Waals surface area contributed by atoms with Crippen LogP contribution in [0.15, 0.2) is 54.7 Å². The van der Waals surface area contributed by atoms with Gasteiger partial charge in [0.2, 0.25) is 0 Å². The largest absolute Gasteiger partial charge is 0.390 e. The van der Waals surface area contributed by atoms with Crippen LogP contribution < -0.4 is 10.6 Å². The second kappa shape index (κ2) is 5.69. The molecule has 0 unspecified atom stereocenters. The molecule has 5 heteroatoms. The summed E-state index contributed by atoms with van der Waals surface area (Å²) in [6, 6.07) is 14.9. The number of aryl methyl sites for hydroxylation is 1. The molecule has 24 heavy (non-hydrogen) atoms. The smallest absolute Gasteiger partial charge is 0.319 e. The average molecular weight is 321 g/mol. The van der Waals surface area contributed by atoms with Crippen LogP contribution in [-0.2, 0) is 13.5 Å². The third-order valence-corrected chi connectivity index (χ3v) is 4.64. The summed E-state index contributed by atoms with van der Waals surface area (Å²) < 4.78 is 1.98. The number of urea groups is 1. The zero-order chi connectivity index (χ0) is 16.7. The Morgan fingerprint density at radius 2 is 2.00 bits per heavy atom. The van der Waals surface area contributed by atoms with Gasteiger partial charge in [0.05, 0.1) is 23.3 Å². The van der Waals surface area contributed by atoms with Crippen molar-refractivity contribution in [3.05, 3.63) is 65.9 Å². The minimum atomic E-state index is -0.598. The third-order valence-electron chi connectivity index (χ3n) is 4.64. The van der Waals surface area contributed by atoms with Gasteiger partial charge in [-0.2, -0.15) is 0 Å². The van der Waals surface area contributed by atoms with Gasteiger partial charge in [0, 0.05) is 25.1 Å². The molecule has 2 aromatic carbocycles. The molecule has 1 heterocycles. The molecule has 1 aliphatic rings. The summed E-state index contributed by atoms with van der Waals surface area (Å²) in [6.45, 7) is 0. The van der Waals surface area contributed by atoms with Gasteiger partial charge in [0.15, 0.2) is 0 Å². The first kappa shape index (κ1) is 14.8. The maximum Gasteiger partial charge on any atom is 0.319 e. The van der Waals surface area contributed by atoms with Gasteiger partial charge >= 0.3 is 6.03 Å². The summed E-state index contributed by atoms with van der Waals surface area (Å²) >= 11 is 0. The van der Waals surface area contributed by atoms with Crippen LogP contribution in [0.1, 0.15) is 17.2 Å². The van der Waals surface area contributed by atoms with Gasteiger partial charge in [0.25, 0.3) is 0 Å². The molecule has 0 spiro atoms. The van der Waals surface area contributed by atoms with E-state index in [0.717, 1.165) is 27.7 Å². The molecule has 0 aliphatic heterocycles. The number of benzene rings is 2. The van der Waals surface area contributed by atoms with E-state index in [1.165, 1.54) is 0 Å². The van der Waals surface area contributed by atoms with E-state index in [4.69, 9.17) is 0 Å². The molecule has 3 aromatic rings. The topological polar surface area (TPSA) is 66.3 Å². The van der Waals surface area contributed by atoms with Gasteiger partial charge in [0.1, 0.15) is 0 Å². The quantitative estimate of drug-likeness (QED) is 0.679. The minimum Gasteiger partial charge on any atom is -0.390 e. The second-order valence-corrected chi connectivity index (χ2v) is 6.22. The van der Waals surface area contributed by atoms with E-state index in [0.29, 0.717) is 6.42 Å². The van der Waals surface area contributed by atoms with Gasteiger partial charge in [-0.05, 0) is 23.3 Å². The molecule has 2 atom stereocenters. The first-order chi connectivity index (χ1) is 11.6. The molecular weight excluding hydrogens is 302 g/mol. The predicted octanol–water partition coefficient (Wildman–Crippen LogP) is 2.96. The minimum absolute atomic E-state index is 0.315. The Balaban J connectivity index is 1.56. The van der Waals surface area contributed by atoms with Gasteiger partial charge in [-0.3, -0.25) is 0 Å². The number of para-hydroxylation sites is 1. The fourth-order valence-corrected chi connectivity index (χ4v) is 3.50. The zero-order valence-electron chi connectivity index (χ0n) is 13.4. The zero-order valence-corrected chi connectivity index (χ0v) is 13.4. The monoisotopic (exact) mass is 321 g/mol. The molecule has 0 fully saturated rings. The Morgan fingerprint density at radius 1 is 1.17 bits per heavy atom. The molecule has 0 saturated carbocycles. The first-order valence-electron chi connectivity index (χ1n) is 8.01. The van der Waals surface area contributed by atoms with E-state index in [9.17, 15) is 9.90 Å². The average Bonchev–Trinajstić information content (AvgIpc) is 3.09. The van der Waals surface area contributed by atoms with Crippen LogP contribution in [0.5, 0.6) is 0 Å². The normalized spacial score (nSPS) is 19.2. The maximum atomic E-state index is 12.5. The molecular formula is C19H19N3O2. The Morgan fingerprint density at radius 3 is 2.88 bits per heavy atom. The highest BCUT2D eigenvalue weighted by Crippen LogP contribution is 2.31. The summed E-state index contributed by atoms with van der Waals surface area (Å²) in [5.41, 5.74) is 3.79. The van der Waals surface area contributed by atoms with E-state index < -0.39 is 6.10 Å². The number of aromatic nitrogens is 1. The summed E-state index contributed by atoms with van der Waals surface area (Å²) in [5.74, 6) is 0. The number of aliphatic hydroxyl groups is 1. The van der Waals surface area contributed by atoms with Gasteiger partial charge in [-0.1, -0.05) is 36.4 Å². The van der Waals surface area contributed by atoms with Crippen molar-refractivity contribution in [1.82, 2.24) is 9.88 Å². The highest BCUT2D eigenvalue weighted by molar-refractivity contribution is 6.00. The van der Waals surface area contributed by atoms with E-state index in [1.807, 2.05) is 66.3 Å². The molecule has 1 aromatic heterocycles. The number of hydrogen-bond donors (Lipinski definition) is 3. The van der Waals surface area contributed by atoms with Crippen LogP contribution in [0, 0.1) is 0 Å². The second-order valence-electron chi connectivity index (χ2n) is 6.22. The number of aliphatic hydroxyl groups excluding tert-OH is 1. The van der Waals surface area contributed by atoms with Gasteiger partial charge in [-0.25, -0.2) is 4.79 Å². The summed E-state index contributed by atoms with van der Waals surface area (Å²) in [4.78, 5) is 12.5. The molecule has 0 bridgehead atoms. The van der Waals surface area contributed by atoms with Crippen molar-refractivity contribution in [1.29, 1.82) is 0 Å². The highest BCUT2D eigenvalue weighted by atomic mass is 16.3.